The van der Waals surface area contributed by atoms with Crippen molar-refractivity contribution in [2.45, 2.75) is 108 Å². The van der Waals surface area contributed by atoms with E-state index < -0.39 is 56.2 Å². The van der Waals surface area contributed by atoms with Gasteiger partial charge in [-0.2, -0.15) is 0 Å². The van der Waals surface area contributed by atoms with Crippen LogP contribution in [-0.2, 0) is 25.8 Å². The van der Waals surface area contributed by atoms with Crippen molar-refractivity contribution >= 4 is 50.5 Å². The van der Waals surface area contributed by atoms with E-state index in [0.717, 1.165) is 48.8 Å². The second-order valence-electron chi connectivity index (χ2n) is 15.0. The number of thiophene rings is 1. The molecule has 0 spiro atoms. The molecule has 48 heavy (non-hydrogen) atoms. The number of β-amino-alcohol motifs (C(OH)–C–C–N with tert-alkyl or cyclic N) is 1. The molecule has 2 heterocycles. The summed E-state index contributed by atoms with van der Waals surface area (Å²) in [6.45, 7) is 9.42. The molecule has 6 atom stereocenters. The van der Waals surface area contributed by atoms with Crippen LogP contribution in [0.3, 0.4) is 0 Å². The van der Waals surface area contributed by atoms with Crippen molar-refractivity contribution in [1.29, 1.82) is 0 Å². The summed E-state index contributed by atoms with van der Waals surface area (Å²) in [6.07, 6.45) is 5.32. The molecule has 266 valence electrons. The number of nitrogens with zero attached hydrogens (tertiary/aromatic N) is 1. The van der Waals surface area contributed by atoms with Crippen LogP contribution in [0.4, 0.5) is 0 Å². The van der Waals surface area contributed by atoms with Crippen LogP contribution >= 0.6 is 22.9 Å². The van der Waals surface area contributed by atoms with E-state index in [4.69, 9.17) is 11.6 Å². The first-order valence-corrected chi connectivity index (χ1v) is 19.8. The van der Waals surface area contributed by atoms with Gasteiger partial charge in [-0.3, -0.25) is 19.3 Å². The van der Waals surface area contributed by atoms with Gasteiger partial charge in [-0.1, -0.05) is 61.2 Å². The van der Waals surface area contributed by atoms with Gasteiger partial charge in [-0.25, -0.2) is 8.42 Å². The molecule has 2 aliphatic rings. The summed E-state index contributed by atoms with van der Waals surface area (Å²) in [5.41, 5.74) is 0.431. The largest absolute Gasteiger partial charge is 0.390 e. The number of aliphatic hydroxyl groups is 1. The highest BCUT2D eigenvalue weighted by molar-refractivity contribution is 7.92. The minimum atomic E-state index is -3.86. The van der Waals surface area contributed by atoms with E-state index in [1.165, 1.54) is 19.9 Å². The number of likely N-dealkylation sites (tertiary alicyclic amines) is 1. The molecule has 1 saturated heterocycles. The molecule has 10 nitrogen and oxygen atoms in total. The van der Waals surface area contributed by atoms with E-state index in [2.05, 4.69) is 20.9 Å². The standard InChI is InChI=1S/C35H51ClN4O6S2/c1-34(2,3)39-31(42)26-19-23-14-10-11-15-24(23)20-40(26)21-27(41)25(18-22-12-8-7-9-13-22)37-33(44)30(35(4,5)48(6,45)46)38-32(43)28-16-17-29(36)47-28/h7-9,12-13,16-17,23-27,30,41H,10-11,14-15,18-21H2,1-6H3,(H,37,44)(H,38,43)(H,39,42)/t23-,24+,25?,26?,27?,30+/m0/s1. The molecular formula is C35H51ClN4O6S2. The number of amides is 3. The van der Waals surface area contributed by atoms with Gasteiger partial charge >= 0.3 is 0 Å². The van der Waals surface area contributed by atoms with Crippen molar-refractivity contribution in [1.82, 2.24) is 20.9 Å². The molecule has 4 rings (SSSR count). The Morgan fingerprint density at radius 2 is 1.65 bits per heavy atom. The molecular weight excluding hydrogens is 672 g/mol. The van der Waals surface area contributed by atoms with E-state index >= 15 is 0 Å². The maximum absolute atomic E-state index is 14.1. The molecule has 1 aromatic heterocycles. The second kappa shape index (κ2) is 15.6. The first-order valence-electron chi connectivity index (χ1n) is 16.7. The van der Waals surface area contributed by atoms with E-state index in [1.54, 1.807) is 6.07 Å². The average molecular weight is 723 g/mol. The number of nitrogens with one attached hydrogen (secondary N) is 3. The lowest BCUT2D eigenvalue weighted by molar-refractivity contribution is -0.133. The monoisotopic (exact) mass is 722 g/mol. The fraction of sp³-hybridized carbons (Fsp3) is 0.629. The molecule has 1 aliphatic heterocycles. The van der Waals surface area contributed by atoms with E-state index in [9.17, 15) is 27.9 Å². The fourth-order valence-electron chi connectivity index (χ4n) is 6.82. The number of carbonyl (C=O) groups excluding carboxylic acids is 3. The third-order valence-electron chi connectivity index (χ3n) is 9.80. The summed E-state index contributed by atoms with van der Waals surface area (Å²) in [6, 6.07) is 9.66. The van der Waals surface area contributed by atoms with Gasteiger partial charge in [0.25, 0.3) is 5.91 Å². The number of carbonyl (C=O) groups is 3. The zero-order valence-electron chi connectivity index (χ0n) is 28.8. The third-order valence-corrected chi connectivity index (χ3v) is 13.2. The van der Waals surface area contributed by atoms with Crippen LogP contribution in [0, 0.1) is 11.8 Å². The molecule has 13 heteroatoms. The van der Waals surface area contributed by atoms with Gasteiger partial charge in [0.2, 0.25) is 11.8 Å². The molecule has 1 aromatic carbocycles. The first kappa shape index (κ1) is 38.3. The molecule has 3 unspecified atom stereocenters. The van der Waals surface area contributed by atoms with Crippen LogP contribution in [0.15, 0.2) is 42.5 Å². The zero-order valence-corrected chi connectivity index (χ0v) is 31.2. The van der Waals surface area contributed by atoms with Gasteiger partial charge in [-0.05, 0) is 83.4 Å². The maximum Gasteiger partial charge on any atom is 0.262 e. The maximum atomic E-state index is 14.1. The lowest BCUT2D eigenvalue weighted by Crippen LogP contribution is -2.64. The predicted molar refractivity (Wildman–Crippen MR) is 191 cm³/mol. The Kier molecular flexibility index (Phi) is 12.4. The van der Waals surface area contributed by atoms with Gasteiger partial charge in [0.05, 0.1) is 32.1 Å². The smallest absolute Gasteiger partial charge is 0.262 e. The predicted octanol–water partition coefficient (Wildman–Crippen LogP) is 4.21. The zero-order chi connectivity index (χ0) is 35.4. The van der Waals surface area contributed by atoms with Crippen molar-refractivity contribution in [3.8, 4) is 0 Å². The van der Waals surface area contributed by atoms with Gasteiger partial charge in [-0.15, -0.1) is 11.3 Å². The molecule has 1 aliphatic carbocycles. The number of benzene rings is 1. The summed E-state index contributed by atoms with van der Waals surface area (Å²) in [5, 5.41) is 20.6. The van der Waals surface area contributed by atoms with Gasteiger partial charge in [0.1, 0.15) is 6.04 Å². The number of rotatable bonds is 12. The number of halogens is 1. The highest BCUT2D eigenvalue weighted by Crippen LogP contribution is 2.39. The number of piperidine rings is 1. The number of hydrogen-bond donors (Lipinski definition) is 4. The summed E-state index contributed by atoms with van der Waals surface area (Å²) >= 11 is 7.05. The Bertz CT molecular complexity index is 1540. The number of hydrogen-bond acceptors (Lipinski definition) is 8. The highest BCUT2D eigenvalue weighted by atomic mass is 35.5. The van der Waals surface area contributed by atoms with Crippen molar-refractivity contribution < 1.29 is 27.9 Å². The molecule has 0 radical (unpaired) electrons. The molecule has 2 fully saturated rings. The number of sulfone groups is 1. The van der Waals surface area contributed by atoms with Crippen LogP contribution in [0.1, 0.15) is 82.0 Å². The Labute approximate surface area is 294 Å². The third kappa shape index (κ3) is 9.80. The first-order chi connectivity index (χ1) is 22.4. The van der Waals surface area contributed by atoms with Gasteiger partial charge < -0.3 is 21.1 Å². The molecule has 4 N–H and O–H groups in total. The van der Waals surface area contributed by atoms with Crippen molar-refractivity contribution in [2.24, 2.45) is 11.8 Å². The summed E-state index contributed by atoms with van der Waals surface area (Å²) < 4.78 is 24.6. The Balaban J connectivity index is 1.62. The topological polar surface area (TPSA) is 145 Å². The minimum Gasteiger partial charge on any atom is -0.390 e. The number of aliphatic hydroxyl groups excluding tert-OH is 1. The average Bonchev–Trinajstić information content (AvgIpc) is 3.44. The van der Waals surface area contributed by atoms with Crippen molar-refractivity contribution in [3.63, 3.8) is 0 Å². The van der Waals surface area contributed by atoms with Gasteiger partial charge in [0, 0.05) is 24.9 Å². The molecule has 1 saturated carbocycles. The van der Waals surface area contributed by atoms with Crippen molar-refractivity contribution in [2.75, 3.05) is 19.3 Å². The van der Waals surface area contributed by atoms with Crippen LogP contribution in [0.2, 0.25) is 4.34 Å². The van der Waals surface area contributed by atoms with Crippen LogP contribution in [-0.4, -0.2) is 90.0 Å². The number of fused-ring (bicyclic) bond motifs is 1. The summed E-state index contributed by atoms with van der Waals surface area (Å²) in [5.74, 6) is -0.577. The fourth-order valence-corrected chi connectivity index (χ4v) is 8.36. The Morgan fingerprint density at radius 3 is 2.23 bits per heavy atom. The van der Waals surface area contributed by atoms with Crippen LogP contribution in [0.5, 0.6) is 0 Å². The molecule has 3 amide bonds. The Morgan fingerprint density at radius 1 is 1.00 bits per heavy atom. The van der Waals surface area contributed by atoms with E-state index in [-0.39, 0.29) is 23.7 Å². The highest BCUT2D eigenvalue weighted by Gasteiger charge is 2.46. The summed E-state index contributed by atoms with van der Waals surface area (Å²) in [4.78, 5) is 43.2. The quantitative estimate of drug-likeness (QED) is 0.257. The Hall–Kier alpha value is -2.51. The van der Waals surface area contributed by atoms with Crippen molar-refractivity contribution in [3.05, 3.63) is 57.2 Å². The van der Waals surface area contributed by atoms with Gasteiger partial charge in [0.15, 0.2) is 9.84 Å². The minimum absolute atomic E-state index is 0.0753. The molecule has 2 aromatic rings. The van der Waals surface area contributed by atoms with Crippen LogP contribution < -0.4 is 16.0 Å². The van der Waals surface area contributed by atoms with E-state index in [1.807, 2.05) is 51.1 Å². The lowest BCUT2D eigenvalue weighted by atomic mass is 9.72. The van der Waals surface area contributed by atoms with Crippen LogP contribution in [0.25, 0.3) is 0 Å². The van der Waals surface area contributed by atoms with E-state index in [0.29, 0.717) is 29.1 Å². The lowest BCUT2D eigenvalue weighted by Gasteiger charge is -2.47. The second-order valence-corrected chi connectivity index (χ2v) is 19.3. The SMILES string of the molecule is CC(C)(C)NC(=O)C1C[C@@H]2CCCC[C@@H]2CN1CC(O)C(Cc1ccccc1)NC(=O)[C@@H](NC(=O)c1ccc(Cl)s1)C(C)(C)S(C)(=O)=O. The normalized spacial score (nSPS) is 22.5. The molecule has 0 bridgehead atoms. The summed E-state index contributed by atoms with van der Waals surface area (Å²) in [7, 11) is -3.86.